The molecule has 5 nitrogen and oxygen atoms in total. The summed E-state index contributed by atoms with van der Waals surface area (Å²) in [6, 6.07) is 7.72. The first kappa shape index (κ1) is 17.2. The van der Waals surface area contributed by atoms with Crippen LogP contribution in [-0.2, 0) is 16.0 Å². The van der Waals surface area contributed by atoms with Gasteiger partial charge in [0.1, 0.15) is 0 Å². The van der Waals surface area contributed by atoms with Gasteiger partial charge in [-0.25, -0.2) is 0 Å². The number of rotatable bonds is 8. The van der Waals surface area contributed by atoms with E-state index in [1.807, 2.05) is 38.1 Å². The zero-order valence-electron chi connectivity index (χ0n) is 12.9. The van der Waals surface area contributed by atoms with Crippen molar-refractivity contribution in [3.05, 3.63) is 29.8 Å². The second kappa shape index (κ2) is 8.42. The van der Waals surface area contributed by atoms with E-state index in [-0.39, 0.29) is 25.0 Å². The lowest BCUT2D eigenvalue weighted by Crippen LogP contribution is -2.42. The van der Waals surface area contributed by atoms with Crippen molar-refractivity contribution in [3.8, 4) is 0 Å². The monoisotopic (exact) mass is 292 g/mol. The Bertz CT molecular complexity index is 471. The third-order valence-electron chi connectivity index (χ3n) is 3.55. The van der Waals surface area contributed by atoms with Crippen molar-refractivity contribution in [2.24, 2.45) is 0 Å². The number of benzene rings is 1. The van der Waals surface area contributed by atoms with E-state index < -0.39 is 5.97 Å². The summed E-state index contributed by atoms with van der Waals surface area (Å²) in [6.07, 6.45) is 1.75. The van der Waals surface area contributed by atoms with Gasteiger partial charge in [-0.3, -0.25) is 14.5 Å². The van der Waals surface area contributed by atoms with Crippen LogP contribution in [0, 0.1) is 0 Å². The minimum Gasteiger partial charge on any atom is -0.480 e. The van der Waals surface area contributed by atoms with Gasteiger partial charge in [0.2, 0.25) is 5.91 Å². The molecule has 1 atom stereocenters. The van der Waals surface area contributed by atoms with E-state index in [2.05, 4.69) is 12.2 Å². The summed E-state index contributed by atoms with van der Waals surface area (Å²) in [5.74, 6) is -1.11. The molecule has 0 saturated heterocycles. The van der Waals surface area contributed by atoms with Crippen LogP contribution >= 0.6 is 0 Å². The number of aliphatic carboxylic acids is 1. The second-order valence-corrected chi connectivity index (χ2v) is 5.15. The van der Waals surface area contributed by atoms with Crippen LogP contribution in [0.5, 0.6) is 0 Å². The molecule has 0 spiro atoms. The Morgan fingerprint density at radius 2 is 1.81 bits per heavy atom. The summed E-state index contributed by atoms with van der Waals surface area (Å²) in [4.78, 5) is 24.6. The van der Waals surface area contributed by atoms with Gasteiger partial charge in [-0.2, -0.15) is 0 Å². The predicted molar refractivity (Wildman–Crippen MR) is 83.4 cm³/mol. The van der Waals surface area contributed by atoms with Gasteiger partial charge < -0.3 is 10.4 Å². The maximum absolute atomic E-state index is 12.0. The molecule has 5 heteroatoms. The summed E-state index contributed by atoms with van der Waals surface area (Å²) in [6.45, 7) is 5.92. The lowest BCUT2D eigenvalue weighted by atomic mass is 10.1. The van der Waals surface area contributed by atoms with Crippen LogP contribution in [0.1, 0.15) is 32.8 Å². The molecule has 1 amide bonds. The van der Waals surface area contributed by atoms with Crippen molar-refractivity contribution < 1.29 is 14.7 Å². The maximum Gasteiger partial charge on any atom is 0.317 e. The number of carbonyl (C=O) groups is 2. The normalized spacial score (nSPS) is 12.2. The zero-order valence-corrected chi connectivity index (χ0v) is 12.9. The summed E-state index contributed by atoms with van der Waals surface area (Å²) in [5, 5.41) is 11.7. The Labute approximate surface area is 126 Å². The molecular formula is C16H24N2O3. The molecule has 0 heterocycles. The standard InChI is InChI=1S/C16H24N2O3/c1-4-12(3)18(11-16(20)21)10-15(19)17-14-8-6-13(5-2)7-9-14/h6-9,12H,4-5,10-11H2,1-3H3,(H,17,19)(H,20,21). The van der Waals surface area contributed by atoms with E-state index in [9.17, 15) is 9.59 Å². The number of anilines is 1. The highest BCUT2D eigenvalue weighted by Gasteiger charge is 2.18. The molecule has 0 aliphatic heterocycles. The van der Waals surface area contributed by atoms with Gasteiger partial charge in [0, 0.05) is 11.7 Å². The summed E-state index contributed by atoms with van der Waals surface area (Å²) in [5.41, 5.74) is 1.94. The van der Waals surface area contributed by atoms with Crippen molar-refractivity contribution in [1.29, 1.82) is 0 Å². The summed E-state index contributed by atoms with van der Waals surface area (Å²) >= 11 is 0. The lowest BCUT2D eigenvalue weighted by molar-refractivity contribution is -0.139. The van der Waals surface area contributed by atoms with Gasteiger partial charge in [-0.15, -0.1) is 0 Å². The molecule has 0 fully saturated rings. The Balaban J connectivity index is 2.61. The number of carboxylic acids is 1. The number of hydrogen-bond donors (Lipinski definition) is 2. The molecule has 0 aliphatic rings. The minimum absolute atomic E-state index is 0.0503. The predicted octanol–water partition coefficient (Wildman–Crippen LogP) is 2.37. The summed E-state index contributed by atoms with van der Waals surface area (Å²) in [7, 11) is 0. The molecule has 116 valence electrons. The number of amides is 1. The smallest absolute Gasteiger partial charge is 0.317 e. The van der Waals surface area contributed by atoms with E-state index in [0.717, 1.165) is 18.5 Å². The van der Waals surface area contributed by atoms with Crippen LogP contribution in [0.2, 0.25) is 0 Å². The Kier molecular flexibility index (Phi) is 6.88. The molecule has 1 aromatic rings. The molecule has 21 heavy (non-hydrogen) atoms. The third kappa shape index (κ3) is 5.95. The van der Waals surface area contributed by atoms with Crippen LogP contribution in [-0.4, -0.2) is 41.0 Å². The second-order valence-electron chi connectivity index (χ2n) is 5.15. The molecular weight excluding hydrogens is 268 g/mol. The number of carbonyl (C=O) groups excluding carboxylic acids is 1. The number of hydrogen-bond acceptors (Lipinski definition) is 3. The van der Waals surface area contributed by atoms with Crippen molar-refractivity contribution in [1.82, 2.24) is 4.90 Å². The van der Waals surface area contributed by atoms with Gasteiger partial charge >= 0.3 is 5.97 Å². The maximum atomic E-state index is 12.0. The third-order valence-corrected chi connectivity index (χ3v) is 3.55. The Hall–Kier alpha value is -1.88. The molecule has 0 bridgehead atoms. The minimum atomic E-state index is -0.921. The van der Waals surface area contributed by atoms with Gasteiger partial charge in [0.05, 0.1) is 13.1 Å². The van der Waals surface area contributed by atoms with Crippen LogP contribution in [0.3, 0.4) is 0 Å². The average molecular weight is 292 g/mol. The van der Waals surface area contributed by atoms with Crippen LogP contribution < -0.4 is 5.32 Å². The molecule has 0 saturated carbocycles. The van der Waals surface area contributed by atoms with Crippen molar-refractivity contribution >= 4 is 17.6 Å². The fourth-order valence-electron chi connectivity index (χ4n) is 2.01. The van der Waals surface area contributed by atoms with Crippen LogP contribution in [0.15, 0.2) is 24.3 Å². The van der Waals surface area contributed by atoms with Gasteiger partial charge in [-0.1, -0.05) is 26.0 Å². The van der Waals surface area contributed by atoms with E-state index in [4.69, 9.17) is 5.11 Å². The van der Waals surface area contributed by atoms with E-state index in [1.165, 1.54) is 5.56 Å². The van der Waals surface area contributed by atoms with E-state index in [0.29, 0.717) is 0 Å². The average Bonchev–Trinajstić information content (AvgIpc) is 2.46. The highest BCUT2D eigenvalue weighted by atomic mass is 16.4. The molecule has 2 N–H and O–H groups in total. The molecule has 1 aromatic carbocycles. The lowest BCUT2D eigenvalue weighted by Gasteiger charge is -2.25. The first-order valence-electron chi connectivity index (χ1n) is 7.30. The van der Waals surface area contributed by atoms with E-state index in [1.54, 1.807) is 4.90 Å². The van der Waals surface area contributed by atoms with Crippen LogP contribution in [0.4, 0.5) is 5.69 Å². The summed E-state index contributed by atoms with van der Waals surface area (Å²) < 4.78 is 0. The first-order chi connectivity index (χ1) is 9.96. The zero-order chi connectivity index (χ0) is 15.8. The van der Waals surface area contributed by atoms with Crippen LogP contribution in [0.25, 0.3) is 0 Å². The SMILES string of the molecule is CCc1ccc(NC(=O)CN(CC(=O)O)C(C)CC)cc1. The fourth-order valence-corrected chi connectivity index (χ4v) is 2.01. The number of nitrogens with one attached hydrogen (secondary N) is 1. The molecule has 0 aromatic heterocycles. The molecule has 0 radical (unpaired) electrons. The van der Waals surface area contributed by atoms with Gasteiger partial charge in [-0.05, 0) is 37.5 Å². The van der Waals surface area contributed by atoms with Crippen molar-refractivity contribution in [2.75, 3.05) is 18.4 Å². The Morgan fingerprint density at radius 1 is 1.19 bits per heavy atom. The van der Waals surface area contributed by atoms with Crippen molar-refractivity contribution in [3.63, 3.8) is 0 Å². The molecule has 1 unspecified atom stereocenters. The largest absolute Gasteiger partial charge is 0.480 e. The highest BCUT2D eigenvalue weighted by molar-refractivity contribution is 5.92. The van der Waals surface area contributed by atoms with E-state index >= 15 is 0 Å². The van der Waals surface area contributed by atoms with Crippen molar-refractivity contribution in [2.45, 2.75) is 39.7 Å². The van der Waals surface area contributed by atoms with Gasteiger partial charge in [0.15, 0.2) is 0 Å². The number of aryl methyl sites for hydroxylation is 1. The topological polar surface area (TPSA) is 69.6 Å². The number of nitrogens with zero attached hydrogens (tertiary/aromatic N) is 1. The highest BCUT2D eigenvalue weighted by Crippen LogP contribution is 2.10. The quantitative estimate of drug-likeness (QED) is 0.772. The van der Waals surface area contributed by atoms with Gasteiger partial charge in [0.25, 0.3) is 0 Å². The Morgan fingerprint density at radius 3 is 2.29 bits per heavy atom. The number of carboxylic acid groups (broad SMARTS) is 1. The fraction of sp³-hybridized carbons (Fsp3) is 0.500. The molecule has 0 aliphatic carbocycles. The molecule has 1 rings (SSSR count). The first-order valence-corrected chi connectivity index (χ1v) is 7.30.